The van der Waals surface area contributed by atoms with Crippen LogP contribution in [0.2, 0.25) is 0 Å². The Hall–Kier alpha value is -2.09. The molecular weight excluding hydrogens is 364 g/mol. The normalized spacial score (nSPS) is 17.2. The summed E-state index contributed by atoms with van der Waals surface area (Å²) < 4.78 is 38.7. The number of ether oxygens (including phenoxy) is 2. The van der Waals surface area contributed by atoms with Crippen LogP contribution in [0.5, 0.6) is 11.5 Å². The minimum Gasteiger partial charge on any atom is -0.486 e. The first kappa shape index (κ1) is 18.3. The summed E-state index contributed by atoms with van der Waals surface area (Å²) >= 11 is 0. The van der Waals surface area contributed by atoms with Crippen molar-refractivity contribution in [3.05, 3.63) is 53.6 Å². The highest BCUT2D eigenvalue weighted by Crippen LogP contribution is 2.32. The Labute approximate surface area is 160 Å². The van der Waals surface area contributed by atoms with Crippen molar-refractivity contribution in [3.8, 4) is 11.5 Å². The highest BCUT2D eigenvalue weighted by Gasteiger charge is 2.19. The number of sulfonamides is 1. The molecule has 0 unspecified atom stereocenters. The number of hydrogen-bond acceptors (Lipinski definition) is 5. The molecule has 144 valence electrons. The highest BCUT2D eigenvalue weighted by molar-refractivity contribution is 7.89. The van der Waals surface area contributed by atoms with Gasteiger partial charge in [0.25, 0.3) is 0 Å². The quantitative estimate of drug-likeness (QED) is 0.824. The fourth-order valence-electron chi connectivity index (χ4n) is 3.41. The third-order valence-electron chi connectivity index (χ3n) is 4.92. The molecule has 2 aromatic rings. The van der Waals surface area contributed by atoms with Gasteiger partial charge in [-0.25, -0.2) is 13.1 Å². The second-order valence-electron chi connectivity index (χ2n) is 6.93. The van der Waals surface area contributed by atoms with Crippen LogP contribution in [0.4, 0.5) is 0 Å². The largest absolute Gasteiger partial charge is 0.486 e. The third kappa shape index (κ3) is 4.43. The van der Waals surface area contributed by atoms with Gasteiger partial charge in [-0.2, -0.15) is 0 Å². The summed E-state index contributed by atoms with van der Waals surface area (Å²) in [5.41, 5.74) is 2.19. The maximum atomic E-state index is 12.6. The Bertz CT molecular complexity index is 891. The van der Waals surface area contributed by atoms with Crippen molar-refractivity contribution in [1.29, 1.82) is 0 Å². The van der Waals surface area contributed by atoms with E-state index in [9.17, 15) is 8.42 Å². The van der Waals surface area contributed by atoms with Crippen molar-refractivity contribution in [2.45, 2.75) is 30.8 Å². The van der Waals surface area contributed by atoms with Gasteiger partial charge in [0.1, 0.15) is 13.2 Å². The number of hydrogen-bond donors (Lipinski definition) is 1. The van der Waals surface area contributed by atoms with Gasteiger partial charge < -0.3 is 9.47 Å². The third-order valence-corrected chi connectivity index (χ3v) is 6.32. The molecule has 0 radical (unpaired) electrons. The zero-order chi connectivity index (χ0) is 18.7. The van der Waals surface area contributed by atoms with Crippen LogP contribution in [-0.4, -0.2) is 39.6 Å². The van der Waals surface area contributed by atoms with E-state index in [4.69, 9.17) is 9.47 Å². The van der Waals surface area contributed by atoms with Crippen LogP contribution in [0.3, 0.4) is 0 Å². The molecule has 0 spiro atoms. The maximum Gasteiger partial charge on any atom is 0.241 e. The lowest BCUT2D eigenvalue weighted by Crippen LogP contribution is -2.24. The van der Waals surface area contributed by atoms with E-state index in [1.165, 1.54) is 30.5 Å². The van der Waals surface area contributed by atoms with Gasteiger partial charge in [0.05, 0.1) is 4.90 Å². The molecule has 1 fully saturated rings. The minimum atomic E-state index is -3.61. The lowest BCUT2D eigenvalue weighted by molar-refractivity contribution is 0.171. The predicted octanol–water partition coefficient (Wildman–Crippen LogP) is 2.53. The van der Waals surface area contributed by atoms with Crippen LogP contribution in [0, 0.1) is 0 Å². The van der Waals surface area contributed by atoms with Crippen molar-refractivity contribution in [3.63, 3.8) is 0 Å². The van der Waals surface area contributed by atoms with Crippen molar-refractivity contribution in [2.24, 2.45) is 0 Å². The Balaban J connectivity index is 1.38. The van der Waals surface area contributed by atoms with Gasteiger partial charge in [0.15, 0.2) is 11.5 Å². The summed E-state index contributed by atoms with van der Waals surface area (Å²) in [5.74, 6) is 1.05. The molecule has 7 heteroatoms. The van der Waals surface area contributed by atoms with Crippen molar-refractivity contribution in [2.75, 3.05) is 26.3 Å². The van der Waals surface area contributed by atoms with Crippen molar-refractivity contribution in [1.82, 2.24) is 9.62 Å². The van der Waals surface area contributed by atoms with E-state index in [2.05, 4.69) is 21.8 Å². The number of rotatable bonds is 6. The first-order valence-corrected chi connectivity index (χ1v) is 10.8. The monoisotopic (exact) mass is 388 g/mol. The molecule has 0 amide bonds. The summed E-state index contributed by atoms with van der Waals surface area (Å²) in [6.45, 7) is 4.44. The van der Waals surface area contributed by atoms with Gasteiger partial charge in [-0.1, -0.05) is 24.3 Å². The average Bonchev–Trinajstić information content (AvgIpc) is 3.20. The second-order valence-corrected chi connectivity index (χ2v) is 8.70. The van der Waals surface area contributed by atoms with Crippen LogP contribution in [-0.2, 0) is 23.1 Å². The van der Waals surface area contributed by atoms with E-state index in [0.717, 1.165) is 25.2 Å². The topological polar surface area (TPSA) is 67.9 Å². The Morgan fingerprint density at radius 3 is 2.30 bits per heavy atom. The molecule has 0 saturated carbocycles. The van der Waals surface area contributed by atoms with Gasteiger partial charge in [-0.3, -0.25) is 4.90 Å². The summed E-state index contributed by atoms with van der Waals surface area (Å²) in [5, 5.41) is 0. The summed E-state index contributed by atoms with van der Waals surface area (Å²) in [6.07, 6.45) is 2.56. The summed E-state index contributed by atoms with van der Waals surface area (Å²) in [6, 6.07) is 12.8. The Morgan fingerprint density at radius 1 is 0.889 bits per heavy atom. The Kier molecular flexibility index (Phi) is 5.33. The molecular formula is C20H24N2O4S. The lowest BCUT2D eigenvalue weighted by atomic mass is 10.1. The number of benzene rings is 2. The van der Waals surface area contributed by atoms with E-state index in [-0.39, 0.29) is 11.4 Å². The first-order chi connectivity index (χ1) is 13.1. The van der Waals surface area contributed by atoms with E-state index >= 15 is 0 Å². The zero-order valence-electron chi connectivity index (χ0n) is 15.2. The number of fused-ring (bicyclic) bond motifs is 1. The van der Waals surface area contributed by atoms with Crippen LogP contribution in [0.15, 0.2) is 47.4 Å². The van der Waals surface area contributed by atoms with Crippen molar-refractivity contribution >= 4 is 10.0 Å². The minimum absolute atomic E-state index is 0.178. The van der Waals surface area contributed by atoms with Gasteiger partial charge in [-0.15, -0.1) is 0 Å². The lowest BCUT2D eigenvalue weighted by Gasteiger charge is -2.19. The van der Waals surface area contributed by atoms with Gasteiger partial charge in [-0.05, 0) is 49.2 Å². The molecule has 6 nitrogen and oxygen atoms in total. The van der Waals surface area contributed by atoms with E-state index in [1.807, 2.05) is 12.1 Å². The Morgan fingerprint density at radius 2 is 1.56 bits per heavy atom. The molecule has 0 atom stereocenters. The van der Waals surface area contributed by atoms with Crippen LogP contribution < -0.4 is 14.2 Å². The maximum absolute atomic E-state index is 12.6. The number of nitrogens with zero attached hydrogens (tertiary/aromatic N) is 1. The average molecular weight is 388 g/mol. The molecule has 0 aliphatic carbocycles. The second kappa shape index (κ2) is 7.88. The summed E-state index contributed by atoms with van der Waals surface area (Å²) in [7, 11) is -3.61. The van der Waals surface area contributed by atoms with Gasteiger partial charge in [0, 0.05) is 19.2 Å². The molecule has 2 aliphatic heterocycles. The van der Waals surface area contributed by atoms with Gasteiger partial charge in [0.2, 0.25) is 10.0 Å². The van der Waals surface area contributed by atoms with E-state index in [0.29, 0.717) is 24.7 Å². The first-order valence-electron chi connectivity index (χ1n) is 9.30. The summed E-state index contributed by atoms with van der Waals surface area (Å²) in [4.78, 5) is 2.62. The van der Waals surface area contributed by atoms with Crippen LogP contribution >= 0.6 is 0 Å². The molecule has 1 N–H and O–H groups in total. The number of nitrogens with one attached hydrogen (secondary N) is 1. The van der Waals surface area contributed by atoms with E-state index < -0.39 is 10.0 Å². The molecule has 0 aromatic heterocycles. The highest BCUT2D eigenvalue weighted by atomic mass is 32.2. The fraction of sp³-hybridized carbons (Fsp3) is 0.400. The van der Waals surface area contributed by atoms with E-state index in [1.54, 1.807) is 6.07 Å². The predicted molar refractivity (Wildman–Crippen MR) is 102 cm³/mol. The fourth-order valence-corrected chi connectivity index (χ4v) is 4.45. The standard InChI is InChI=1S/C20H24N2O4S/c23-27(24,18-7-8-19-20(13-18)26-12-11-25-19)21-14-16-3-5-17(6-4-16)15-22-9-1-2-10-22/h3-8,13,21H,1-2,9-12,14-15H2. The zero-order valence-corrected chi connectivity index (χ0v) is 16.0. The number of likely N-dealkylation sites (tertiary alicyclic amines) is 1. The molecule has 1 saturated heterocycles. The van der Waals surface area contributed by atoms with Crippen molar-refractivity contribution < 1.29 is 17.9 Å². The SMILES string of the molecule is O=S(=O)(NCc1ccc(CN2CCCC2)cc1)c1ccc2c(c1)OCCO2. The van der Waals surface area contributed by atoms with Gasteiger partial charge >= 0.3 is 0 Å². The molecule has 0 bridgehead atoms. The molecule has 2 heterocycles. The van der Waals surface area contributed by atoms with Crippen LogP contribution in [0.1, 0.15) is 24.0 Å². The molecule has 27 heavy (non-hydrogen) atoms. The molecule has 2 aliphatic rings. The molecule has 2 aromatic carbocycles. The smallest absolute Gasteiger partial charge is 0.241 e. The molecule has 4 rings (SSSR count). The van der Waals surface area contributed by atoms with Crippen LogP contribution in [0.25, 0.3) is 0 Å².